The number of para-hydroxylation sites is 1. The Labute approximate surface area is 123 Å². The summed E-state index contributed by atoms with van der Waals surface area (Å²) < 4.78 is 1.67. The number of aromatic nitrogens is 3. The minimum Gasteiger partial charge on any atom is -0.507 e. The lowest BCUT2D eigenvalue weighted by Gasteiger charge is -2.01. The summed E-state index contributed by atoms with van der Waals surface area (Å²) in [6.45, 7) is 0. The monoisotopic (exact) mass is 277 g/mol. The minimum absolute atomic E-state index is 0.201. The second-order valence-electron chi connectivity index (χ2n) is 4.68. The molecule has 0 bridgehead atoms. The van der Waals surface area contributed by atoms with Crippen molar-refractivity contribution in [2.75, 3.05) is 0 Å². The van der Waals surface area contributed by atoms with Crippen molar-refractivity contribution >= 4 is 12.2 Å². The van der Waals surface area contributed by atoms with Gasteiger partial charge in [-0.3, -0.25) is 0 Å². The zero-order valence-corrected chi connectivity index (χ0v) is 11.6. The number of hydrogen-bond donors (Lipinski definition) is 1. The summed E-state index contributed by atoms with van der Waals surface area (Å²) >= 11 is 0. The van der Waals surface area contributed by atoms with Crippen LogP contribution in [0.1, 0.15) is 11.4 Å². The molecule has 3 aromatic rings. The van der Waals surface area contributed by atoms with Crippen LogP contribution in [0.3, 0.4) is 0 Å². The molecule has 21 heavy (non-hydrogen) atoms. The summed E-state index contributed by atoms with van der Waals surface area (Å²) in [5.41, 5.74) is 1.76. The molecule has 1 heterocycles. The first-order valence-corrected chi connectivity index (χ1v) is 6.66. The van der Waals surface area contributed by atoms with E-state index < -0.39 is 0 Å². The maximum atomic E-state index is 9.91. The fourth-order valence-electron chi connectivity index (χ4n) is 2.11. The van der Waals surface area contributed by atoms with E-state index in [-0.39, 0.29) is 5.75 Å². The number of benzene rings is 2. The first-order valence-electron chi connectivity index (χ1n) is 6.66. The quantitative estimate of drug-likeness (QED) is 0.798. The van der Waals surface area contributed by atoms with Crippen molar-refractivity contribution in [2.45, 2.75) is 0 Å². The lowest BCUT2D eigenvalue weighted by Crippen LogP contribution is -1.94. The largest absolute Gasteiger partial charge is 0.507 e. The van der Waals surface area contributed by atoms with Crippen molar-refractivity contribution in [2.24, 2.45) is 7.05 Å². The third kappa shape index (κ3) is 2.84. The Bertz CT molecular complexity index is 776. The van der Waals surface area contributed by atoms with E-state index >= 15 is 0 Å². The van der Waals surface area contributed by atoms with Crippen LogP contribution >= 0.6 is 0 Å². The van der Waals surface area contributed by atoms with Gasteiger partial charge in [-0.1, -0.05) is 48.5 Å². The van der Waals surface area contributed by atoms with Crippen LogP contribution in [0, 0.1) is 0 Å². The van der Waals surface area contributed by atoms with E-state index in [1.165, 1.54) is 0 Å². The summed E-state index contributed by atoms with van der Waals surface area (Å²) in [4.78, 5) is 4.46. The molecule has 104 valence electrons. The Morgan fingerprint density at radius 1 is 0.952 bits per heavy atom. The number of nitrogens with zero attached hydrogens (tertiary/aromatic N) is 3. The highest BCUT2D eigenvalue weighted by Crippen LogP contribution is 2.26. The van der Waals surface area contributed by atoms with Crippen molar-refractivity contribution in [1.82, 2.24) is 14.8 Å². The molecule has 0 fully saturated rings. The third-order valence-corrected chi connectivity index (χ3v) is 3.15. The molecule has 0 amide bonds. The predicted octanol–water partition coefficient (Wildman–Crippen LogP) is 3.36. The molecule has 0 aliphatic rings. The Hall–Kier alpha value is -2.88. The molecule has 0 spiro atoms. The van der Waals surface area contributed by atoms with E-state index in [1.54, 1.807) is 16.8 Å². The van der Waals surface area contributed by atoms with Gasteiger partial charge in [-0.05, 0) is 23.8 Å². The smallest absolute Gasteiger partial charge is 0.174 e. The molecule has 0 aliphatic carbocycles. The van der Waals surface area contributed by atoms with E-state index in [2.05, 4.69) is 10.1 Å². The third-order valence-electron chi connectivity index (χ3n) is 3.15. The summed E-state index contributed by atoms with van der Waals surface area (Å²) in [5, 5.41) is 14.3. The lowest BCUT2D eigenvalue weighted by molar-refractivity contribution is 0.476. The van der Waals surface area contributed by atoms with Crippen molar-refractivity contribution in [1.29, 1.82) is 0 Å². The molecule has 3 rings (SSSR count). The van der Waals surface area contributed by atoms with Crippen LogP contribution in [0.4, 0.5) is 0 Å². The number of phenols is 1. The van der Waals surface area contributed by atoms with Gasteiger partial charge >= 0.3 is 0 Å². The zero-order chi connectivity index (χ0) is 14.7. The minimum atomic E-state index is 0.201. The number of aromatic hydroxyl groups is 1. The van der Waals surface area contributed by atoms with E-state index in [1.807, 2.05) is 61.7 Å². The molecular weight excluding hydrogens is 262 g/mol. The highest BCUT2D eigenvalue weighted by Gasteiger charge is 2.11. The molecule has 0 saturated heterocycles. The highest BCUT2D eigenvalue weighted by molar-refractivity contribution is 5.69. The van der Waals surface area contributed by atoms with Crippen molar-refractivity contribution in [3.63, 3.8) is 0 Å². The molecule has 0 atom stereocenters. The number of phenolic OH excluding ortho intramolecular Hbond substituents is 1. The van der Waals surface area contributed by atoms with E-state index in [0.29, 0.717) is 17.2 Å². The van der Waals surface area contributed by atoms with Crippen LogP contribution < -0.4 is 0 Å². The topological polar surface area (TPSA) is 50.9 Å². The average Bonchev–Trinajstić information content (AvgIpc) is 2.88. The van der Waals surface area contributed by atoms with Gasteiger partial charge in [-0.25, -0.2) is 9.67 Å². The second-order valence-corrected chi connectivity index (χ2v) is 4.68. The fraction of sp³-hybridized carbons (Fsp3) is 0.0588. The Balaban J connectivity index is 1.92. The predicted molar refractivity (Wildman–Crippen MR) is 83.5 cm³/mol. The normalized spacial score (nSPS) is 11.1. The van der Waals surface area contributed by atoms with Gasteiger partial charge < -0.3 is 5.11 Å². The molecule has 1 aromatic heterocycles. The van der Waals surface area contributed by atoms with Crippen LogP contribution in [-0.4, -0.2) is 19.9 Å². The summed E-state index contributed by atoms with van der Waals surface area (Å²) in [5.74, 6) is 1.45. The Kier molecular flexibility index (Phi) is 3.51. The van der Waals surface area contributed by atoms with Crippen molar-refractivity contribution in [3.05, 3.63) is 66.0 Å². The van der Waals surface area contributed by atoms with Gasteiger partial charge in [0.2, 0.25) is 0 Å². The fourth-order valence-corrected chi connectivity index (χ4v) is 2.11. The maximum absolute atomic E-state index is 9.91. The van der Waals surface area contributed by atoms with Gasteiger partial charge in [0.1, 0.15) is 5.75 Å². The molecule has 0 aliphatic heterocycles. The van der Waals surface area contributed by atoms with Gasteiger partial charge in [-0.15, -0.1) is 0 Å². The van der Waals surface area contributed by atoms with E-state index in [9.17, 15) is 5.11 Å². The van der Waals surface area contributed by atoms with Gasteiger partial charge in [0, 0.05) is 7.05 Å². The summed E-state index contributed by atoms with van der Waals surface area (Å²) in [7, 11) is 1.81. The Morgan fingerprint density at radius 2 is 1.67 bits per heavy atom. The molecule has 4 nitrogen and oxygen atoms in total. The zero-order valence-electron chi connectivity index (χ0n) is 11.6. The first-order chi connectivity index (χ1) is 10.2. The van der Waals surface area contributed by atoms with Gasteiger partial charge in [0.15, 0.2) is 11.6 Å². The van der Waals surface area contributed by atoms with Gasteiger partial charge in [0.05, 0.1) is 5.56 Å². The molecule has 1 N–H and O–H groups in total. The van der Waals surface area contributed by atoms with Crippen molar-refractivity contribution in [3.8, 4) is 17.1 Å². The number of aryl methyl sites for hydroxylation is 1. The molecule has 0 saturated carbocycles. The molecule has 0 unspecified atom stereocenters. The average molecular weight is 277 g/mol. The molecule has 4 heteroatoms. The standard InChI is InChI=1S/C17H15N3O/c1-20-17(14-9-5-6-10-15(14)21)18-16(19-20)12-11-13-7-3-2-4-8-13/h2-12,21H,1H3. The summed E-state index contributed by atoms with van der Waals surface area (Å²) in [6.07, 6.45) is 3.82. The van der Waals surface area contributed by atoms with E-state index in [0.717, 1.165) is 5.56 Å². The maximum Gasteiger partial charge on any atom is 0.174 e. The first kappa shape index (κ1) is 13.1. The van der Waals surface area contributed by atoms with Crippen LogP contribution in [0.25, 0.3) is 23.5 Å². The summed E-state index contributed by atoms with van der Waals surface area (Å²) in [6, 6.07) is 17.1. The molecular formula is C17H15N3O. The van der Waals surface area contributed by atoms with Crippen LogP contribution in [0.15, 0.2) is 54.6 Å². The molecule has 2 aromatic carbocycles. The van der Waals surface area contributed by atoms with Crippen molar-refractivity contribution < 1.29 is 5.11 Å². The van der Waals surface area contributed by atoms with E-state index in [4.69, 9.17) is 0 Å². The van der Waals surface area contributed by atoms with Crippen LogP contribution in [0.5, 0.6) is 5.75 Å². The number of hydrogen-bond acceptors (Lipinski definition) is 3. The second kappa shape index (κ2) is 5.63. The molecule has 0 radical (unpaired) electrons. The van der Waals surface area contributed by atoms with Gasteiger partial charge in [-0.2, -0.15) is 5.10 Å². The lowest BCUT2D eigenvalue weighted by atomic mass is 10.2. The SMILES string of the molecule is Cn1nc(C=Cc2ccccc2)nc1-c1ccccc1O. The Morgan fingerprint density at radius 3 is 2.43 bits per heavy atom. The van der Waals surface area contributed by atoms with Crippen LogP contribution in [-0.2, 0) is 7.05 Å². The number of rotatable bonds is 3. The van der Waals surface area contributed by atoms with Gasteiger partial charge in [0.25, 0.3) is 0 Å². The highest BCUT2D eigenvalue weighted by atomic mass is 16.3. The van der Waals surface area contributed by atoms with Crippen LogP contribution in [0.2, 0.25) is 0 Å².